The van der Waals surface area contributed by atoms with Crippen LogP contribution in [0, 0.1) is 19.7 Å². The van der Waals surface area contributed by atoms with Crippen LogP contribution < -0.4 is 15.2 Å². The first kappa shape index (κ1) is 31.7. The Morgan fingerprint density at radius 2 is 1.84 bits per heavy atom. The molecule has 10 nitrogen and oxygen atoms in total. The summed E-state index contributed by atoms with van der Waals surface area (Å²) in [6, 6.07) is 12.1. The molecule has 3 aromatic heterocycles. The fourth-order valence-electron chi connectivity index (χ4n) is 8.08. The summed E-state index contributed by atoms with van der Waals surface area (Å²) < 4.78 is 18.3. The van der Waals surface area contributed by atoms with Crippen LogP contribution in [0.1, 0.15) is 67.1 Å². The van der Waals surface area contributed by atoms with Crippen molar-refractivity contribution in [1.29, 1.82) is 0 Å². The topological polar surface area (TPSA) is 98.0 Å². The highest BCUT2D eigenvalue weighted by molar-refractivity contribution is 5.84. The van der Waals surface area contributed by atoms with Gasteiger partial charge in [-0.15, -0.1) is 0 Å². The van der Waals surface area contributed by atoms with Crippen molar-refractivity contribution in [2.75, 3.05) is 42.5 Å². The largest absolute Gasteiger partial charge is 0.465 e. The number of amides is 1. The van der Waals surface area contributed by atoms with Crippen molar-refractivity contribution < 1.29 is 14.3 Å². The molecule has 0 radical (unpaired) electrons. The number of hydrogen-bond acceptors (Lipinski definition) is 7. The molecule has 256 valence electrons. The van der Waals surface area contributed by atoms with E-state index < -0.39 is 17.4 Å². The molecule has 2 saturated heterocycles. The Balaban J connectivity index is 1.13. The second kappa shape index (κ2) is 12.4. The van der Waals surface area contributed by atoms with E-state index >= 15 is 4.39 Å². The highest BCUT2D eigenvalue weighted by Crippen LogP contribution is 2.46. The molecule has 1 spiro atoms. The number of piperidine rings is 1. The number of aryl methyl sites for hydroxylation is 2. The number of nitrogens with zero attached hydrogens (tertiary/aromatic N) is 7. The van der Waals surface area contributed by atoms with E-state index in [1.165, 1.54) is 11.0 Å². The smallest absolute Gasteiger partial charge is 0.407 e. The molecule has 2 saturated carbocycles. The lowest BCUT2D eigenvalue weighted by molar-refractivity contribution is 0.110. The second-order valence-electron chi connectivity index (χ2n) is 14.6. The van der Waals surface area contributed by atoms with E-state index in [2.05, 4.69) is 42.5 Å². The summed E-state index contributed by atoms with van der Waals surface area (Å²) in [7, 11) is 0. The maximum Gasteiger partial charge on any atom is 0.407 e. The Hall–Kier alpha value is -4.51. The summed E-state index contributed by atoms with van der Waals surface area (Å²) in [5.41, 5.74) is 5.53. The van der Waals surface area contributed by atoms with Gasteiger partial charge in [0.05, 0.1) is 28.6 Å². The van der Waals surface area contributed by atoms with E-state index in [0.717, 1.165) is 79.8 Å². The van der Waals surface area contributed by atoms with Crippen molar-refractivity contribution >= 4 is 28.4 Å². The van der Waals surface area contributed by atoms with Crippen molar-refractivity contribution in [3.8, 4) is 0 Å². The van der Waals surface area contributed by atoms with Crippen LogP contribution in [0.4, 0.5) is 20.6 Å². The average Bonchev–Trinajstić information content (AvgIpc) is 4.04. The lowest BCUT2D eigenvalue weighted by atomic mass is 10.0. The second-order valence-corrected chi connectivity index (χ2v) is 14.6. The third-order valence-corrected chi connectivity index (χ3v) is 11.1. The molecule has 0 unspecified atom stereocenters. The number of benzene rings is 1. The zero-order valence-electron chi connectivity index (χ0n) is 28.3. The number of rotatable bonds is 8. The van der Waals surface area contributed by atoms with Crippen molar-refractivity contribution in [2.24, 2.45) is 0 Å². The van der Waals surface area contributed by atoms with E-state index in [9.17, 15) is 14.7 Å². The SMILES string of the molecule is Cc1ccc(N2CCC[C@H](N(Cc3ccnc(C)c3)Cc3cn(C4CC4)c4cc(N5CCN(C(=O)O)C6(CC6)C5)c(F)cc4c3=O)C2)cn1. The summed E-state index contributed by atoms with van der Waals surface area (Å²) in [5, 5.41) is 10.1. The van der Waals surface area contributed by atoms with Gasteiger partial charge in [-0.2, -0.15) is 0 Å². The minimum absolute atomic E-state index is 0.127. The Labute approximate surface area is 285 Å². The van der Waals surface area contributed by atoms with Crippen LogP contribution in [-0.4, -0.2) is 79.8 Å². The quantitative estimate of drug-likeness (QED) is 0.249. The van der Waals surface area contributed by atoms with Crippen LogP contribution in [0.2, 0.25) is 0 Å². The minimum Gasteiger partial charge on any atom is -0.465 e. The van der Waals surface area contributed by atoms with Gasteiger partial charge in [-0.25, -0.2) is 9.18 Å². The molecule has 1 aromatic carbocycles. The molecular weight excluding hydrogens is 621 g/mol. The normalized spacial score (nSPS) is 20.4. The highest BCUT2D eigenvalue weighted by Gasteiger charge is 2.53. The maximum atomic E-state index is 16.1. The molecule has 8 rings (SSSR count). The predicted molar refractivity (Wildman–Crippen MR) is 188 cm³/mol. The number of aromatic nitrogens is 3. The number of hydrogen-bond donors (Lipinski definition) is 1. The van der Waals surface area contributed by atoms with Gasteiger partial charge in [-0.1, -0.05) is 0 Å². The number of pyridine rings is 3. The molecule has 1 amide bonds. The fraction of sp³-hybridized carbons (Fsp3) is 0.474. The average molecular weight is 666 g/mol. The van der Waals surface area contributed by atoms with Crippen LogP contribution in [0.15, 0.2) is 59.8 Å². The number of anilines is 2. The van der Waals surface area contributed by atoms with Gasteiger partial charge in [0.1, 0.15) is 5.82 Å². The third kappa shape index (κ3) is 6.24. The first-order chi connectivity index (χ1) is 23.7. The van der Waals surface area contributed by atoms with Crippen molar-refractivity contribution in [1.82, 2.24) is 24.3 Å². The van der Waals surface area contributed by atoms with Gasteiger partial charge in [0.2, 0.25) is 0 Å². The Kier molecular flexibility index (Phi) is 8.05. The molecule has 0 bridgehead atoms. The zero-order valence-corrected chi connectivity index (χ0v) is 28.3. The van der Waals surface area contributed by atoms with Crippen LogP contribution in [0.25, 0.3) is 10.9 Å². The lowest BCUT2D eigenvalue weighted by Crippen LogP contribution is -2.57. The number of carboxylic acid groups (broad SMARTS) is 1. The summed E-state index contributed by atoms with van der Waals surface area (Å²) in [4.78, 5) is 43.4. The maximum absolute atomic E-state index is 16.1. The number of fused-ring (bicyclic) bond motifs is 1. The van der Waals surface area contributed by atoms with E-state index in [1.807, 2.05) is 49.5 Å². The number of piperazine rings is 1. The summed E-state index contributed by atoms with van der Waals surface area (Å²) in [6.07, 6.45) is 10.6. The van der Waals surface area contributed by atoms with Crippen LogP contribution >= 0.6 is 0 Å². The predicted octanol–water partition coefficient (Wildman–Crippen LogP) is 5.89. The van der Waals surface area contributed by atoms with Gasteiger partial charge in [-0.3, -0.25) is 24.6 Å². The first-order valence-electron chi connectivity index (χ1n) is 17.6. The number of halogens is 1. The number of carbonyl (C=O) groups is 1. The summed E-state index contributed by atoms with van der Waals surface area (Å²) in [6.45, 7) is 8.14. The first-order valence-corrected chi connectivity index (χ1v) is 17.6. The van der Waals surface area contributed by atoms with Gasteiger partial charge in [0, 0.05) is 92.6 Å². The lowest BCUT2D eigenvalue weighted by Gasteiger charge is -2.42. The standard InChI is InChI=1S/C38H44FN7O3/c1-25-5-6-30(19-41-25)42-13-3-4-31(23-42)44(20-27-9-12-40-26(2)16-27)21-28-22-45(29-7-8-29)34-18-35(33(39)17-32(34)36(28)47)43-14-15-46(37(48)49)38(24-43)10-11-38/h5-6,9,12,16-19,22,29,31H,3-4,7-8,10-11,13-15,20-21,23-24H2,1-2H3,(H,48,49)/t31-/m0/s1. The molecular formula is C38H44FN7O3. The zero-order chi connectivity index (χ0) is 33.9. The van der Waals surface area contributed by atoms with Crippen molar-refractivity contribution in [3.05, 3.63) is 93.5 Å². The molecule has 4 aliphatic rings. The van der Waals surface area contributed by atoms with E-state index in [1.54, 1.807) is 0 Å². The fourth-order valence-corrected chi connectivity index (χ4v) is 8.08. The monoisotopic (exact) mass is 665 g/mol. The van der Waals surface area contributed by atoms with Gasteiger partial charge < -0.3 is 19.5 Å². The molecule has 2 aliphatic heterocycles. The Morgan fingerprint density at radius 1 is 1.00 bits per heavy atom. The van der Waals surface area contributed by atoms with Gasteiger partial charge in [0.15, 0.2) is 5.43 Å². The highest BCUT2D eigenvalue weighted by atomic mass is 19.1. The van der Waals surface area contributed by atoms with Gasteiger partial charge in [0.25, 0.3) is 0 Å². The molecule has 2 aliphatic carbocycles. The third-order valence-electron chi connectivity index (χ3n) is 11.1. The van der Waals surface area contributed by atoms with Gasteiger partial charge in [-0.05, 0) is 94.3 Å². The minimum atomic E-state index is -0.910. The Bertz CT molecular complexity index is 1960. The molecule has 4 aromatic rings. The van der Waals surface area contributed by atoms with E-state index in [0.29, 0.717) is 49.4 Å². The molecule has 5 heterocycles. The van der Waals surface area contributed by atoms with Crippen molar-refractivity contribution in [3.63, 3.8) is 0 Å². The van der Waals surface area contributed by atoms with Crippen LogP contribution in [0.3, 0.4) is 0 Å². The van der Waals surface area contributed by atoms with E-state index in [-0.39, 0.29) is 17.5 Å². The molecule has 1 N–H and O–H groups in total. The van der Waals surface area contributed by atoms with Crippen LogP contribution in [0.5, 0.6) is 0 Å². The molecule has 4 fully saturated rings. The van der Waals surface area contributed by atoms with Gasteiger partial charge >= 0.3 is 6.09 Å². The summed E-state index contributed by atoms with van der Waals surface area (Å²) >= 11 is 0. The molecule has 11 heteroatoms. The van der Waals surface area contributed by atoms with E-state index in [4.69, 9.17) is 0 Å². The van der Waals surface area contributed by atoms with Crippen LogP contribution in [-0.2, 0) is 13.1 Å². The Morgan fingerprint density at radius 3 is 2.55 bits per heavy atom. The summed E-state index contributed by atoms with van der Waals surface area (Å²) in [5.74, 6) is -0.428. The molecule has 49 heavy (non-hydrogen) atoms. The molecule has 1 atom stereocenters. The van der Waals surface area contributed by atoms with Crippen molar-refractivity contribution in [2.45, 2.75) is 83.1 Å².